The van der Waals surface area contributed by atoms with Gasteiger partial charge in [0, 0.05) is 32.4 Å². The van der Waals surface area contributed by atoms with Crippen LogP contribution in [0.25, 0.3) is 5.82 Å². The zero-order chi connectivity index (χ0) is 14.5. The number of rotatable bonds is 6. The van der Waals surface area contributed by atoms with Gasteiger partial charge in [0.05, 0.1) is 6.20 Å². The fourth-order valence-electron chi connectivity index (χ4n) is 1.91. The van der Waals surface area contributed by atoms with Crippen molar-refractivity contribution in [2.75, 3.05) is 6.54 Å². The van der Waals surface area contributed by atoms with Gasteiger partial charge in [-0.05, 0) is 18.6 Å². The van der Waals surface area contributed by atoms with Crippen molar-refractivity contribution < 1.29 is 14.7 Å². The molecule has 0 saturated heterocycles. The lowest BCUT2D eigenvalue weighted by Crippen LogP contribution is -2.25. The van der Waals surface area contributed by atoms with E-state index in [4.69, 9.17) is 5.11 Å². The molecule has 0 aromatic carbocycles. The van der Waals surface area contributed by atoms with Gasteiger partial charge < -0.3 is 15.0 Å². The van der Waals surface area contributed by atoms with Gasteiger partial charge in [-0.15, -0.1) is 0 Å². The largest absolute Gasteiger partial charge is 0.481 e. The second-order valence-corrected chi connectivity index (χ2v) is 4.35. The fraction of sp³-hybridized carbons (Fsp3) is 0.308. The van der Waals surface area contributed by atoms with Crippen molar-refractivity contribution in [3.05, 3.63) is 36.3 Å². The first kappa shape index (κ1) is 13.9. The summed E-state index contributed by atoms with van der Waals surface area (Å²) in [5.74, 6) is -0.452. The van der Waals surface area contributed by atoms with Crippen molar-refractivity contribution in [1.29, 1.82) is 0 Å². The van der Waals surface area contributed by atoms with E-state index in [2.05, 4.69) is 10.4 Å². The number of nitrogens with zero attached hydrogens (tertiary/aromatic N) is 3. The van der Waals surface area contributed by atoms with Crippen LogP contribution in [0.1, 0.15) is 23.2 Å². The molecule has 7 heteroatoms. The Hall–Kier alpha value is -2.57. The Morgan fingerprint density at radius 3 is 2.70 bits per heavy atom. The topological polar surface area (TPSA) is 89.2 Å². The van der Waals surface area contributed by atoms with E-state index in [9.17, 15) is 9.59 Å². The van der Waals surface area contributed by atoms with Gasteiger partial charge in [0.15, 0.2) is 0 Å². The highest BCUT2D eigenvalue weighted by atomic mass is 16.4. The summed E-state index contributed by atoms with van der Waals surface area (Å²) in [6.07, 6.45) is 5.61. The molecule has 0 bridgehead atoms. The van der Waals surface area contributed by atoms with Crippen LogP contribution in [0, 0.1) is 0 Å². The van der Waals surface area contributed by atoms with E-state index in [0.29, 0.717) is 24.3 Å². The molecule has 0 spiro atoms. The number of hydrogen-bond donors (Lipinski definition) is 2. The SMILES string of the molecule is Cn1ncc(C(=O)NCCCC(=O)O)c1-n1cccc1. The van der Waals surface area contributed by atoms with Crippen molar-refractivity contribution in [2.24, 2.45) is 7.05 Å². The number of aliphatic carboxylic acids is 1. The molecular weight excluding hydrogens is 260 g/mol. The summed E-state index contributed by atoms with van der Waals surface area (Å²) in [5, 5.41) is 15.3. The molecule has 0 unspecified atom stereocenters. The summed E-state index contributed by atoms with van der Waals surface area (Å²) < 4.78 is 3.42. The van der Waals surface area contributed by atoms with E-state index in [1.54, 1.807) is 16.3 Å². The number of amides is 1. The van der Waals surface area contributed by atoms with E-state index in [1.807, 2.05) is 24.5 Å². The van der Waals surface area contributed by atoms with E-state index in [1.165, 1.54) is 6.20 Å². The standard InChI is InChI=1S/C13H16N4O3/c1-16-13(17-7-2-3-8-17)10(9-15-16)12(20)14-6-4-5-11(18)19/h2-3,7-9H,4-6H2,1H3,(H,14,20)(H,18,19). The molecule has 0 saturated carbocycles. The van der Waals surface area contributed by atoms with Crippen LogP contribution in [0.5, 0.6) is 0 Å². The summed E-state index contributed by atoms with van der Waals surface area (Å²) in [7, 11) is 1.76. The van der Waals surface area contributed by atoms with Gasteiger partial charge in [-0.25, -0.2) is 0 Å². The van der Waals surface area contributed by atoms with Gasteiger partial charge in [0.1, 0.15) is 11.4 Å². The first-order valence-corrected chi connectivity index (χ1v) is 6.25. The third kappa shape index (κ3) is 3.05. The maximum absolute atomic E-state index is 12.1. The highest BCUT2D eigenvalue weighted by Gasteiger charge is 2.16. The Labute approximate surface area is 115 Å². The van der Waals surface area contributed by atoms with Crippen LogP contribution in [0.15, 0.2) is 30.7 Å². The Morgan fingerprint density at radius 2 is 2.05 bits per heavy atom. The molecule has 7 nitrogen and oxygen atoms in total. The minimum Gasteiger partial charge on any atom is -0.481 e. The zero-order valence-corrected chi connectivity index (χ0v) is 11.1. The molecule has 2 heterocycles. The summed E-state index contributed by atoms with van der Waals surface area (Å²) in [4.78, 5) is 22.5. The molecule has 0 fully saturated rings. The van der Waals surface area contributed by atoms with Crippen LogP contribution in [-0.4, -0.2) is 37.9 Å². The molecule has 2 rings (SSSR count). The first-order valence-electron chi connectivity index (χ1n) is 6.25. The molecule has 2 N–H and O–H groups in total. The predicted octanol–water partition coefficient (Wildman–Crippen LogP) is 0.805. The lowest BCUT2D eigenvalue weighted by atomic mass is 10.2. The minimum absolute atomic E-state index is 0.0395. The smallest absolute Gasteiger partial charge is 0.303 e. The van der Waals surface area contributed by atoms with Gasteiger partial charge in [-0.3, -0.25) is 14.3 Å². The number of nitrogens with one attached hydrogen (secondary N) is 1. The van der Waals surface area contributed by atoms with Crippen molar-refractivity contribution in [1.82, 2.24) is 19.7 Å². The van der Waals surface area contributed by atoms with Crippen LogP contribution in [0.2, 0.25) is 0 Å². The van der Waals surface area contributed by atoms with Gasteiger partial charge in [0.25, 0.3) is 5.91 Å². The molecule has 0 aliphatic carbocycles. The van der Waals surface area contributed by atoms with E-state index in [-0.39, 0.29) is 12.3 Å². The molecule has 0 atom stereocenters. The summed E-state index contributed by atoms with van der Waals surface area (Å²) >= 11 is 0. The summed E-state index contributed by atoms with van der Waals surface area (Å²) in [6.45, 7) is 0.325. The quantitative estimate of drug-likeness (QED) is 0.764. The molecule has 0 aliphatic rings. The number of hydrogen-bond acceptors (Lipinski definition) is 3. The van der Waals surface area contributed by atoms with Crippen LogP contribution in [0.4, 0.5) is 0 Å². The van der Waals surface area contributed by atoms with Gasteiger partial charge in [0.2, 0.25) is 0 Å². The second kappa shape index (κ2) is 6.05. The number of carbonyl (C=O) groups excluding carboxylic acids is 1. The summed E-state index contributed by atoms with van der Waals surface area (Å²) in [6, 6.07) is 3.73. The monoisotopic (exact) mass is 276 g/mol. The van der Waals surface area contributed by atoms with Crippen molar-refractivity contribution in [2.45, 2.75) is 12.8 Å². The molecular formula is C13H16N4O3. The van der Waals surface area contributed by atoms with Gasteiger partial charge in [-0.1, -0.05) is 0 Å². The lowest BCUT2D eigenvalue weighted by molar-refractivity contribution is -0.137. The van der Waals surface area contributed by atoms with Crippen LogP contribution >= 0.6 is 0 Å². The summed E-state index contributed by atoms with van der Waals surface area (Å²) in [5.41, 5.74) is 0.457. The molecule has 2 aromatic heterocycles. The van der Waals surface area contributed by atoms with Crippen molar-refractivity contribution >= 4 is 11.9 Å². The van der Waals surface area contributed by atoms with E-state index >= 15 is 0 Å². The lowest BCUT2D eigenvalue weighted by Gasteiger charge is -2.08. The normalized spacial score (nSPS) is 10.4. The number of carbonyl (C=O) groups is 2. The average molecular weight is 276 g/mol. The third-order valence-electron chi connectivity index (χ3n) is 2.85. The molecule has 0 aliphatic heterocycles. The van der Waals surface area contributed by atoms with Crippen molar-refractivity contribution in [3.63, 3.8) is 0 Å². The predicted molar refractivity (Wildman–Crippen MR) is 71.7 cm³/mol. The average Bonchev–Trinajstić information content (AvgIpc) is 3.02. The molecule has 0 radical (unpaired) electrons. The highest BCUT2D eigenvalue weighted by molar-refractivity contribution is 5.97. The maximum atomic E-state index is 12.1. The number of carboxylic acid groups (broad SMARTS) is 1. The molecule has 106 valence electrons. The Balaban J connectivity index is 2.06. The van der Waals surface area contributed by atoms with E-state index in [0.717, 1.165) is 0 Å². The maximum Gasteiger partial charge on any atom is 0.303 e. The van der Waals surface area contributed by atoms with Crippen molar-refractivity contribution in [3.8, 4) is 5.82 Å². The van der Waals surface area contributed by atoms with E-state index < -0.39 is 5.97 Å². The van der Waals surface area contributed by atoms with Crippen LogP contribution in [-0.2, 0) is 11.8 Å². The zero-order valence-electron chi connectivity index (χ0n) is 11.1. The number of aromatic nitrogens is 3. The third-order valence-corrected chi connectivity index (χ3v) is 2.85. The molecule has 1 amide bonds. The Morgan fingerprint density at radius 1 is 1.35 bits per heavy atom. The number of carboxylic acids is 1. The molecule has 2 aromatic rings. The highest BCUT2D eigenvalue weighted by Crippen LogP contribution is 2.13. The van der Waals surface area contributed by atoms with Gasteiger partial charge in [-0.2, -0.15) is 5.10 Å². The molecule has 20 heavy (non-hydrogen) atoms. The Bertz CT molecular complexity index is 601. The fourth-order valence-corrected chi connectivity index (χ4v) is 1.91. The van der Waals surface area contributed by atoms with Gasteiger partial charge >= 0.3 is 5.97 Å². The second-order valence-electron chi connectivity index (χ2n) is 4.35. The van der Waals surface area contributed by atoms with Crippen LogP contribution in [0.3, 0.4) is 0 Å². The number of aryl methyl sites for hydroxylation is 1. The van der Waals surface area contributed by atoms with Crippen LogP contribution < -0.4 is 5.32 Å². The minimum atomic E-state index is -0.867. The Kier molecular flexibility index (Phi) is 4.19. The first-order chi connectivity index (χ1) is 9.59.